The topological polar surface area (TPSA) is 125 Å². The second-order valence-electron chi connectivity index (χ2n) is 5.16. The lowest BCUT2D eigenvalue weighted by molar-refractivity contribution is -0.155. The maximum absolute atomic E-state index is 11.7. The number of benzene rings is 1. The Bertz CT molecular complexity index is 605. The van der Waals surface area contributed by atoms with Gasteiger partial charge in [0.2, 0.25) is 0 Å². The van der Waals surface area contributed by atoms with E-state index < -0.39 is 24.1 Å². The van der Waals surface area contributed by atoms with Crippen LogP contribution in [0.3, 0.4) is 0 Å². The lowest BCUT2D eigenvalue weighted by Gasteiger charge is -2.18. The Labute approximate surface area is 143 Å². The molecule has 8 nitrogen and oxygen atoms in total. The summed E-state index contributed by atoms with van der Waals surface area (Å²) in [7, 11) is 1.33. The highest BCUT2D eigenvalue weighted by Crippen LogP contribution is 2.16. The summed E-state index contributed by atoms with van der Waals surface area (Å²) in [6, 6.07) is 6.37. The Morgan fingerprint density at radius 1 is 1.33 bits per heavy atom. The van der Waals surface area contributed by atoms with Gasteiger partial charge in [-0.25, -0.2) is 9.59 Å². The predicted molar refractivity (Wildman–Crippen MR) is 89.9 cm³/mol. The van der Waals surface area contributed by atoms with Crippen LogP contribution in [0.15, 0.2) is 24.3 Å². The van der Waals surface area contributed by atoms with Gasteiger partial charge in [-0.2, -0.15) is 0 Å². The van der Waals surface area contributed by atoms with E-state index in [4.69, 9.17) is 5.11 Å². The maximum atomic E-state index is 11.7. The van der Waals surface area contributed by atoms with Crippen molar-refractivity contribution < 1.29 is 29.3 Å². The lowest BCUT2D eigenvalue weighted by Crippen LogP contribution is -2.47. The first-order valence-corrected chi connectivity index (χ1v) is 8.14. The first kappa shape index (κ1) is 19.8. The number of methoxy groups -OCH3 is 1. The molecule has 4 N–H and O–H groups in total. The van der Waals surface area contributed by atoms with Gasteiger partial charge in [0.15, 0.2) is 5.60 Å². The van der Waals surface area contributed by atoms with Gasteiger partial charge in [-0.05, 0) is 24.6 Å². The Balaban J connectivity index is 2.50. The number of carboxylic acid groups (broad SMARTS) is 1. The van der Waals surface area contributed by atoms with E-state index in [9.17, 15) is 19.5 Å². The van der Waals surface area contributed by atoms with Gasteiger partial charge in [0.1, 0.15) is 0 Å². The summed E-state index contributed by atoms with van der Waals surface area (Å²) in [6.45, 7) is 0.664. The zero-order valence-corrected chi connectivity index (χ0v) is 14.2. The number of carboxylic acids is 1. The third-order valence-electron chi connectivity index (χ3n) is 2.96. The molecule has 0 heterocycles. The minimum absolute atomic E-state index is 0.235. The Hall–Kier alpha value is -2.26. The number of hydrogen-bond acceptors (Lipinski definition) is 6. The van der Waals surface area contributed by atoms with Crippen molar-refractivity contribution in [2.45, 2.75) is 18.3 Å². The molecule has 9 heteroatoms. The second kappa shape index (κ2) is 9.14. The number of carbonyl (C=O) groups excluding carboxylic acids is 2. The van der Waals surface area contributed by atoms with Gasteiger partial charge in [0, 0.05) is 11.4 Å². The van der Waals surface area contributed by atoms with E-state index in [2.05, 4.69) is 15.4 Å². The Kier molecular flexibility index (Phi) is 7.53. The fourth-order valence-corrected chi connectivity index (χ4v) is 2.36. The molecule has 0 aromatic heterocycles. The van der Waals surface area contributed by atoms with Crippen LogP contribution in [0.4, 0.5) is 10.5 Å². The number of aliphatic carboxylic acids is 1. The van der Waals surface area contributed by atoms with E-state index in [-0.39, 0.29) is 11.7 Å². The van der Waals surface area contributed by atoms with Crippen LogP contribution < -0.4 is 10.6 Å². The van der Waals surface area contributed by atoms with Crippen molar-refractivity contribution >= 4 is 35.4 Å². The minimum Gasteiger partial charge on any atom is -0.479 e. The van der Waals surface area contributed by atoms with Gasteiger partial charge >= 0.3 is 18.0 Å². The molecule has 1 rings (SSSR count). The summed E-state index contributed by atoms with van der Waals surface area (Å²) in [5.74, 6) is -0.926. The first-order chi connectivity index (χ1) is 11.2. The second-order valence-corrected chi connectivity index (χ2v) is 6.14. The molecule has 0 radical (unpaired) electrons. The van der Waals surface area contributed by atoms with Gasteiger partial charge < -0.3 is 25.6 Å². The van der Waals surface area contributed by atoms with Gasteiger partial charge in [-0.3, -0.25) is 4.79 Å². The third-order valence-corrected chi connectivity index (χ3v) is 3.93. The molecule has 0 saturated heterocycles. The van der Waals surface area contributed by atoms with Crippen molar-refractivity contribution in [3.8, 4) is 0 Å². The number of urea groups is 1. The highest BCUT2D eigenvalue weighted by Gasteiger charge is 2.30. The molecular weight excluding hydrogens is 336 g/mol. The highest BCUT2D eigenvalue weighted by molar-refractivity contribution is 7.99. The number of carbonyl (C=O) groups is 3. The zero-order valence-electron chi connectivity index (χ0n) is 13.4. The van der Waals surface area contributed by atoms with Crippen molar-refractivity contribution in [1.29, 1.82) is 0 Å². The molecule has 2 amide bonds. The molecule has 0 aliphatic rings. The molecule has 1 aromatic carbocycles. The van der Waals surface area contributed by atoms with Crippen LogP contribution in [0.25, 0.3) is 0 Å². The Morgan fingerprint density at radius 3 is 2.67 bits per heavy atom. The number of ether oxygens (including phenoxy) is 1. The number of nitrogens with one attached hydrogen (secondary N) is 2. The van der Waals surface area contributed by atoms with Gasteiger partial charge in [0.05, 0.1) is 19.4 Å². The van der Waals surface area contributed by atoms with Crippen molar-refractivity contribution in [3.05, 3.63) is 29.8 Å². The molecule has 132 valence electrons. The minimum atomic E-state index is -2.04. The molecule has 24 heavy (non-hydrogen) atoms. The number of esters is 1. The molecule has 0 spiro atoms. The van der Waals surface area contributed by atoms with Gasteiger partial charge in [-0.1, -0.05) is 12.1 Å². The van der Waals surface area contributed by atoms with Crippen LogP contribution in [0.5, 0.6) is 0 Å². The fourth-order valence-electron chi connectivity index (χ4n) is 1.55. The molecular formula is C15H20N2O6S. The molecule has 0 aliphatic carbocycles. The fraction of sp³-hybridized carbons (Fsp3) is 0.400. The summed E-state index contributed by atoms with van der Waals surface area (Å²) in [5, 5.41) is 23.1. The van der Waals surface area contributed by atoms with Crippen molar-refractivity contribution in [2.75, 3.05) is 24.7 Å². The standard InChI is InChI=1S/C15H20N2O6S/c1-15(22,13(19)20)9-16-14(21)17-11-5-3-4-10(6-11)7-24-8-12(18)23-2/h3-6,22H,7-9H2,1-2H3,(H,19,20)(H2,16,17,21). The number of aliphatic hydroxyl groups is 1. The van der Waals surface area contributed by atoms with E-state index in [1.807, 2.05) is 6.07 Å². The summed E-state index contributed by atoms with van der Waals surface area (Å²) >= 11 is 1.38. The van der Waals surface area contributed by atoms with Gasteiger partial charge in [0.25, 0.3) is 0 Å². The van der Waals surface area contributed by atoms with E-state index in [1.54, 1.807) is 18.2 Å². The van der Waals surface area contributed by atoms with Crippen LogP contribution in [0, 0.1) is 0 Å². The van der Waals surface area contributed by atoms with E-state index >= 15 is 0 Å². The normalized spacial score (nSPS) is 12.8. The average molecular weight is 356 g/mol. The quantitative estimate of drug-likeness (QED) is 0.513. The molecule has 1 unspecified atom stereocenters. The first-order valence-electron chi connectivity index (χ1n) is 6.98. The third kappa shape index (κ3) is 6.88. The predicted octanol–water partition coefficient (Wildman–Crippen LogP) is 1.05. The maximum Gasteiger partial charge on any atom is 0.337 e. The smallest absolute Gasteiger partial charge is 0.337 e. The summed E-state index contributed by atoms with van der Waals surface area (Å²) < 4.78 is 4.55. The van der Waals surface area contributed by atoms with E-state index in [0.29, 0.717) is 11.4 Å². The average Bonchev–Trinajstić information content (AvgIpc) is 2.53. The summed E-state index contributed by atoms with van der Waals surface area (Å²) in [6.07, 6.45) is 0. The molecule has 0 bridgehead atoms. The van der Waals surface area contributed by atoms with Crippen LogP contribution in [-0.4, -0.2) is 53.2 Å². The van der Waals surface area contributed by atoms with Crippen molar-refractivity contribution in [2.24, 2.45) is 0 Å². The van der Waals surface area contributed by atoms with Crippen LogP contribution >= 0.6 is 11.8 Å². The largest absolute Gasteiger partial charge is 0.479 e. The molecule has 1 atom stereocenters. The zero-order chi connectivity index (χ0) is 18.2. The van der Waals surface area contributed by atoms with Crippen LogP contribution in [0.2, 0.25) is 0 Å². The molecule has 0 aliphatic heterocycles. The molecule has 0 saturated carbocycles. The number of amides is 2. The summed E-state index contributed by atoms with van der Waals surface area (Å²) in [5.41, 5.74) is -0.623. The number of thioether (sulfide) groups is 1. The molecule has 1 aromatic rings. The summed E-state index contributed by atoms with van der Waals surface area (Å²) in [4.78, 5) is 33.5. The number of rotatable bonds is 8. The van der Waals surface area contributed by atoms with Crippen LogP contribution in [-0.2, 0) is 20.1 Å². The van der Waals surface area contributed by atoms with Crippen molar-refractivity contribution in [1.82, 2.24) is 5.32 Å². The van der Waals surface area contributed by atoms with Crippen molar-refractivity contribution in [3.63, 3.8) is 0 Å². The molecule has 0 fully saturated rings. The number of hydrogen-bond donors (Lipinski definition) is 4. The SMILES string of the molecule is COC(=O)CSCc1cccc(NC(=O)NCC(C)(O)C(=O)O)c1. The van der Waals surface area contributed by atoms with E-state index in [1.165, 1.54) is 18.9 Å². The lowest BCUT2D eigenvalue weighted by atomic mass is 10.1. The Morgan fingerprint density at radius 2 is 2.04 bits per heavy atom. The monoisotopic (exact) mass is 356 g/mol. The van der Waals surface area contributed by atoms with Gasteiger partial charge in [-0.15, -0.1) is 11.8 Å². The highest BCUT2D eigenvalue weighted by atomic mass is 32.2. The van der Waals surface area contributed by atoms with E-state index in [0.717, 1.165) is 12.5 Å². The number of anilines is 1. The van der Waals surface area contributed by atoms with Crippen LogP contribution in [0.1, 0.15) is 12.5 Å².